The summed E-state index contributed by atoms with van der Waals surface area (Å²) >= 11 is 1.63. The van der Waals surface area contributed by atoms with Gasteiger partial charge in [0.1, 0.15) is 10.8 Å². The van der Waals surface area contributed by atoms with Crippen molar-refractivity contribution in [2.45, 2.75) is 26.3 Å². The van der Waals surface area contributed by atoms with E-state index in [0.29, 0.717) is 12.3 Å². The number of nitrogens with zero attached hydrogens (tertiary/aromatic N) is 1. The standard InChI is InChI=1S/C27H26N2O2S/c1-2-6-20-11-15-24(16-12-20)31-18-26(30)28-17-21-9-13-23(14-10-21)27-29-25(19-32-27)22-7-4-3-5-8-22/h3-5,7-16,19H,2,6,17-18H2,1H3,(H,28,30). The second-order valence-electron chi connectivity index (χ2n) is 7.56. The minimum absolute atomic E-state index is 0.00653. The average Bonchev–Trinajstić information content (AvgIpc) is 3.34. The molecule has 0 aliphatic heterocycles. The lowest BCUT2D eigenvalue weighted by atomic mass is 10.1. The molecular formula is C27H26N2O2S. The predicted octanol–water partition coefficient (Wildman–Crippen LogP) is 6.12. The van der Waals surface area contributed by atoms with Crippen molar-refractivity contribution in [2.24, 2.45) is 0 Å². The van der Waals surface area contributed by atoms with Crippen LogP contribution in [0, 0.1) is 0 Å². The van der Waals surface area contributed by atoms with Crippen molar-refractivity contribution in [3.8, 4) is 27.6 Å². The first-order valence-electron chi connectivity index (χ1n) is 10.8. The maximum Gasteiger partial charge on any atom is 0.258 e. The third-order valence-electron chi connectivity index (χ3n) is 5.10. The Morgan fingerprint density at radius 3 is 2.34 bits per heavy atom. The van der Waals surface area contributed by atoms with Gasteiger partial charge in [-0.25, -0.2) is 4.98 Å². The van der Waals surface area contributed by atoms with Crippen LogP contribution in [0.25, 0.3) is 21.8 Å². The van der Waals surface area contributed by atoms with E-state index in [0.717, 1.165) is 40.2 Å². The van der Waals surface area contributed by atoms with Crippen LogP contribution in [-0.4, -0.2) is 17.5 Å². The zero-order valence-electron chi connectivity index (χ0n) is 18.1. The van der Waals surface area contributed by atoms with Gasteiger partial charge in [-0.2, -0.15) is 0 Å². The molecule has 4 aromatic rings. The van der Waals surface area contributed by atoms with Crippen LogP contribution in [0.2, 0.25) is 0 Å². The van der Waals surface area contributed by atoms with E-state index < -0.39 is 0 Å². The fourth-order valence-corrected chi connectivity index (χ4v) is 4.19. The molecule has 0 aliphatic carbocycles. The fourth-order valence-electron chi connectivity index (χ4n) is 3.35. The van der Waals surface area contributed by atoms with Gasteiger partial charge in [-0.15, -0.1) is 11.3 Å². The Kier molecular flexibility index (Phi) is 7.31. The van der Waals surface area contributed by atoms with Gasteiger partial charge in [0.05, 0.1) is 5.69 Å². The summed E-state index contributed by atoms with van der Waals surface area (Å²) in [6.45, 7) is 2.63. The maximum absolute atomic E-state index is 12.1. The Morgan fingerprint density at radius 2 is 1.62 bits per heavy atom. The van der Waals surface area contributed by atoms with Gasteiger partial charge in [0.2, 0.25) is 0 Å². The summed E-state index contributed by atoms with van der Waals surface area (Å²) in [6.07, 6.45) is 2.17. The van der Waals surface area contributed by atoms with Crippen molar-refractivity contribution in [3.63, 3.8) is 0 Å². The molecule has 0 spiro atoms. The predicted molar refractivity (Wildman–Crippen MR) is 131 cm³/mol. The van der Waals surface area contributed by atoms with Crippen molar-refractivity contribution < 1.29 is 9.53 Å². The van der Waals surface area contributed by atoms with Gasteiger partial charge in [0, 0.05) is 23.1 Å². The lowest BCUT2D eigenvalue weighted by Gasteiger charge is -2.08. The normalized spacial score (nSPS) is 10.7. The molecule has 0 aliphatic rings. The molecule has 1 amide bonds. The maximum atomic E-state index is 12.1. The molecule has 0 bridgehead atoms. The number of aromatic nitrogens is 1. The summed E-state index contributed by atoms with van der Waals surface area (Å²) in [7, 11) is 0. The first kappa shape index (κ1) is 21.8. The number of hydrogen-bond donors (Lipinski definition) is 1. The molecule has 162 valence electrons. The van der Waals surface area contributed by atoms with Crippen LogP contribution in [-0.2, 0) is 17.8 Å². The van der Waals surface area contributed by atoms with Crippen molar-refractivity contribution in [2.75, 3.05) is 6.61 Å². The summed E-state index contributed by atoms with van der Waals surface area (Å²) in [5, 5.41) is 5.97. The number of ether oxygens (including phenoxy) is 1. The third-order valence-corrected chi connectivity index (χ3v) is 5.99. The zero-order chi connectivity index (χ0) is 22.2. The zero-order valence-corrected chi connectivity index (χ0v) is 18.9. The number of benzene rings is 3. The van der Waals surface area contributed by atoms with Crippen molar-refractivity contribution in [1.29, 1.82) is 0 Å². The summed E-state index contributed by atoms with van der Waals surface area (Å²) in [6, 6.07) is 26.2. The lowest BCUT2D eigenvalue weighted by molar-refractivity contribution is -0.123. The Balaban J connectivity index is 1.26. The van der Waals surface area contributed by atoms with E-state index in [1.807, 2.05) is 66.7 Å². The fraction of sp³-hybridized carbons (Fsp3) is 0.185. The third kappa shape index (κ3) is 5.83. The molecule has 1 heterocycles. The van der Waals surface area contributed by atoms with Gasteiger partial charge in [0.25, 0.3) is 5.91 Å². The Morgan fingerprint density at radius 1 is 0.906 bits per heavy atom. The first-order chi connectivity index (χ1) is 15.7. The van der Waals surface area contributed by atoms with E-state index in [9.17, 15) is 4.79 Å². The monoisotopic (exact) mass is 442 g/mol. The molecule has 1 N–H and O–H groups in total. The van der Waals surface area contributed by atoms with E-state index in [1.165, 1.54) is 5.56 Å². The number of hydrogen-bond acceptors (Lipinski definition) is 4. The van der Waals surface area contributed by atoms with Crippen molar-refractivity contribution in [1.82, 2.24) is 10.3 Å². The van der Waals surface area contributed by atoms with Crippen LogP contribution in [0.15, 0.2) is 84.2 Å². The van der Waals surface area contributed by atoms with Gasteiger partial charge in [0.15, 0.2) is 6.61 Å². The SMILES string of the molecule is CCCc1ccc(OCC(=O)NCc2ccc(-c3nc(-c4ccccc4)cs3)cc2)cc1. The molecule has 0 saturated heterocycles. The quantitative estimate of drug-likeness (QED) is 0.339. The average molecular weight is 443 g/mol. The van der Waals surface area contributed by atoms with Gasteiger partial charge >= 0.3 is 0 Å². The number of carbonyl (C=O) groups is 1. The Labute approximate surface area is 192 Å². The molecule has 0 unspecified atom stereocenters. The van der Waals surface area contributed by atoms with Crippen LogP contribution in [0.3, 0.4) is 0 Å². The molecule has 0 fully saturated rings. The molecule has 5 heteroatoms. The molecule has 4 rings (SSSR count). The van der Waals surface area contributed by atoms with Crippen LogP contribution < -0.4 is 10.1 Å². The molecule has 4 nitrogen and oxygen atoms in total. The number of aryl methyl sites for hydroxylation is 1. The second-order valence-corrected chi connectivity index (χ2v) is 8.42. The van der Waals surface area contributed by atoms with Crippen LogP contribution >= 0.6 is 11.3 Å². The highest BCUT2D eigenvalue weighted by molar-refractivity contribution is 7.13. The number of thiazole rings is 1. The highest BCUT2D eigenvalue weighted by atomic mass is 32.1. The molecular weight excluding hydrogens is 416 g/mol. The van der Waals surface area contributed by atoms with Crippen molar-refractivity contribution in [3.05, 3.63) is 95.4 Å². The molecule has 32 heavy (non-hydrogen) atoms. The molecule has 0 saturated carbocycles. The number of rotatable bonds is 9. The van der Waals surface area contributed by atoms with E-state index in [-0.39, 0.29) is 12.5 Å². The molecule has 1 aromatic heterocycles. The van der Waals surface area contributed by atoms with Gasteiger partial charge in [-0.05, 0) is 29.7 Å². The van der Waals surface area contributed by atoms with Gasteiger partial charge in [-0.1, -0.05) is 80.1 Å². The molecule has 0 radical (unpaired) electrons. The van der Waals surface area contributed by atoms with Crippen LogP contribution in [0.5, 0.6) is 5.75 Å². The van der Waals surface area contributed by atoms with E-state index in [4.69, 9.17) is 9.72 Å². The molecule has 0 atom stereocenters. The summed E-state index contributed by atoms with van der Waals surface area (Å²) in [5.41, 5.74) is 5.49. The molecule has 3 aromatic carbocycles. The lowest BCUT2D eigenvalue weighted by Crippen LogP contribution is -2.28. The van der Waals surface area contributed by atoms with Crippen molar-refractivity contribution >= 4 is 17.2 Å². The smallest absolute Gasteiger partial charge is 0.258 e. The largest absolute Gasteiger partial charge is 0.484 e. The Hall–Kier alpha value is -3.44. The van der Waals surface area contributed by atoms with E-state index in [1.54, 1.807) is 11.3 Å². The summed E-state index contributed by atoms with van der Waals surface area (Å²) in [4.78, 5) is 16.9. The van der Waals surface area contributed by atoms with Gasteiger partial charge in [-0.3, -0.25) is 4.79 Å². The number of carbonyl (C=O) groups excluding carboxylic acids is 1. The number of amides is 1. The van der Waals surface area contributed by atoms with E-state index in [2.05, 4.69) is 29.8 Å². The Bertz CT molecular complexity index is 1140. The summed E-state index contributed by atoms with van der Waals surface area (Å²) in [5.74, 6) is 0.571. The highest BCUT2D eigenvalue weighted by Crippen LogP contribution is 2.28. The number of nitrogens with one attached hydrogen (secondary N) is 1. The topological polar surface area (TPSA) is 51.2 Å². The van der Waals surface area contributed by atoms with Crippen LogP contribution in [0.4, 0.5) is 0 Å². The summed E-state index contributed by atoms with van der Waals surface area (Å²) < 4.78 is 5.59. The van der Waals surface area contributed by atoms with Crippen LogP contribution in [0.1, 0.15) is 24.5 Å². The van der Waals surface area contributed by atoms with E-state index >= 15 is 0 Å². The minimum atomic E-state index is -0.140. The minimum Gasteiger partial charge on any atom is -0.484 e. The highest BCUT2D eigenvalue weighted by Gasteiger charge is 2.07. The second kappa shape index (κ2) is 10.7. The first-order valence-corrected chi connectivity index (χ1v) is 11.7. The van der Waals surface area contributed by atoms with Gasteiger partial charge < -0.3 is 10.1 Å².